The molecule has 7 unspecified atom stereocenters. The number of carbonyl (C=O) groups excluding carboxylic acids is 1. The summed E-state index contributed by atoms with van der Waals surface area (Å²) in [4.78, 5) is 13.1. The molecule has 1 amide bonds. The Labute approximate surface area is 426 Å². The monoisotopic (exact) mass is 980 g/mol. The van der Waals surface area contributed by atoms with Crippen LogP contribution in [0.5, 0.6) is 0 Å². The van der Waals surface area contributed by atoms with Gasteiger partial charge in [0.1, 0.15) is 24.4 Å². The van der Waals surface area contributed by atoms with Crippen LogP contribution in [0, 0.1) is 0 Å². The number of aliphatic hydroxyl groups excluding tert-OH is 5. The van der Waals surface area contributed by atoms with Gasteiger partial charge in [0.05, 0.1) is 25.4 Å². The molecule has 410 valence electrons. The molecular formula is C60H117NO8. The van der Waals surface area contributed by atoms with E-state index in [0.29, 0.717) is 12.8 Å². The molecule has 6 N–H and O–H groups in total. The number of carbonyl (C=O) groups is 1. The maximum Gasteiger partial charge on any atom is 0.220 e. The molecule has 9 heteroatoms. The molecule has 0 aromatic rings. The lowest BCUT2D eigenvalue weighted by molar-refractivity contribution is -0.302. The summed E-state index contributed by atoms with van der Waals surface area (Å²) in [6, 6.07) is -0.715. The predicted octanol–water partition coefficient (Wildman–Crippen LogP) is 15.2. The van der Waals surface area contributed by atoms with E-state index >= 15 is 0 Å². The van der Waals surface area contributed by atoms with Crippen molar-refractivity contribution < 1.29 is 39.8 Å². The van der Waals surface area contributed by atoms with Crippen molar-refractivity contribution in [3.63, 3.8) is 0 Å². The van der Waals surface area contributed by atoms with Gasteiger partial charge in [-0.1, -0.05) is 276 Å². The molecule has 1 fully saturated rings. The summed E-state index contributed by atoms with van der Waals surface area (Å²) < 4.78 is 11.3. The molecule has 0 bridgehead atoms. The lowest BCUT2D eigenvalue weighted by Gasteiger charge is -2.40. The second kappa shape index (κ2) is 50.5. The van der Waals surface area contributed by atoms with Crippen LogP contribution >= 0.6 is 0 Å². The summed E-state index contributed by atoms with van der Waals surface area (Å²) in [5.74, 6) is -0.138. The van der Waals surface area contributed by atoms with Crippen molar-refractivity contribution in [2.75, 3.05) is 13.2 Å². The average Bonchev–Trinajstić information content (AvgIpc) is 3.35. The third-order valence-corrected chi connectivity index (χ3v) is 14.9. The fraction of sp³-hybridized carbons (Fsp3) is 0.950. The van der Waals surface area contributed by atoms with Gasteiger partial charge in [0.15, 0.2) is 6.29 Å². The lowest BCUT2D eigenvalue weighted by atomic mass is 9.99. The first kappa shape index (κ1) is 65.9. The summed E-state index contributed by atoms with van der Waals surface area (Å²) in [5.41, 5.74) is 0. The van der Waals surface area contributed by atoms with Gasteiger partial charge in [0.25, 0.3) is 0 Å². The molecule has 0 aromatic heterocycles. The van der Waals surface area contributed by atoms with Gasteiger partial charge in [-0.15, -0.1) is 0 Å². The van der Waals surface area contributed by atoms with Gasteiger partial charge in [-0.3, -0.25) is 4.79 Å². The molecule has 0 aromatic carbocycles. The smallest absolute Gasteiger partial charge is 0.220 e. The number of hydrogen-bond donors (Lipinski definition) is 6. The minimum atomic E-state index is -1.55. The van der Waals surface area contributed by atoms with Gasteiger partial charge in [0, 0.05) is 6.42 Å². The van der Waals surface area contributed by atoms with E-state index in [1.165, 1.54) is 244 Å². The highest BCUT2D eigenvalue weighted by molar-refractivity contribution is 5.76. The van der Waals surface area contributed by atoms with Crippen molar-refractivity contribution in [3.8, 4) is 0 Å². The van der Waals surface area contributed by atoms with Crippen LogP contribution in [0.15, 0.2) is 12.2 Å². The number of unbranched alkanes of at least 4 members (excludes halogenated alkanes) is 41. The largest absolute Gasteiger partial charge is 0.394 e. The first-order chi connectivity index (χ1) is 33.8. The minimum Gasteiger partial charge on any atom is -0.394 e. The standard InChI is InChI=1S/C60H117NO8/c1-3-5-7-9-11-13-15-17-19-20-21-22-23-24-25-26-27-28-29-30-31-32-33-34-36-38-40-42-44-46-48-50-56(64)61-53(52-68-60-59(67)58(66)57(65)55(51-62)69-60)54(63)49-47-45-43-41-39-37-35-18-16-14-12-10-8-6-4-2/h20-21,53-55,57-60,62-63,65-67H,3-19,22-52H2,1-2H3,(H,61,64)/b21-20-. The fourth-order valence-corrected chi connectivity index (χ4v) is 10.0. The summed E-state index contributed by atoms with van der Waals surface area (Å²) in [6.07, 6.45) is 55.4. The number of rotatable bonds is 53. The molecule has 0 aliphatic carbocycles. The summed E-state index contributed by atoms with van der Waals surface area (Å²) in [7, 11) is 0. The number of hydrogen-bond acceptors (Lipinski definition) is 8. The van der Waals surface area contributed by atoms with Gasteiger partial charge in [0.2, 0.25) is 5.91 Å². The zero-order valence-corrected chi connectivity index (χ0v) is 45.6. The Kier molecular flexibility index (Phi) is 48.2. The highest BCUT2D eigenvalue weighted by atomic mass is 16.7. The van der Waals surface area contributed by atoms with E-state index in [9.17, 15) is 30.3 Å². The second-order valence-electron chi connectivity index (χ2n) is 21.5. The molecular weight excluding hydrogens is 863 g/mol. The number of nitrogens with one attached hydrogen (secondary N) is 1. The van der Waals surface area contributed by atoms with Crippen LogP contribution in [0.2, 0.25) is 0 Å². The highest BCUT2D eigenvalue weighted by Gasteiger charge is 2.44. The molecule has 1 saturated heterocycles. The van der Waals surface area contributed by atoms with Gasteiger partial charge < -0.3 is 40.3 Å². The second-order valence-corrected chi connectivity index (χ2v) is 21.5. The third kappa shape index (κ3) is 40.1. The molecule has 7 atom stereocenters. The van der Waals surface area contributed by atoms with Gasteiger partial charge in [-0.05, 0) is 38.5 Å². The van der Waals surface area contributed by atoms with Crippen molar-refractivity contribution in [1.82, 2.24) is 5.32 Å². The van der Waals surface area contributed by atoms with Crippen molar-refractivity contribution in [3.05, 3.63) is 12.2 Å². The molecule has 69 heavy (non-hydrogen) atoms. The Morgan fingerprint density at radius 2 is 0.812 bits per heavy atom. The zero-order chi connectivity index (χ0) is 50.1. The van der Waals surface area contributed by atoms with E-state index in [-0.39, 0.29) is 12.5 Å². The molecule has 1 aliphatic rings. The molecule has 0 saturated carbocycles. The Bertz CT molecular complexity index is 1090. The zero-order valence-electron chi connectivity index (χ0n) is 45.6. The quantitative estimate of drug-likeness (QED) is 0.0261. The third-order valence-electron chi connectivity index (χ3n) is 14.9. The molecule has 0 spiro atoms. The SMILES string of the molecule is CCCCCCCCCC/C=C\CCCCCCCCCCCCCCCCCCCCCC(=O)NC(COC1OC(CO)C(O)C(O)C1O)C(O)CCCCCCCCCCCCCCCCC. The number of ether oxygens (including phenoxy) is 2. The Hall–Kier alpha value is -1.07. The van der Waals surface area contributed by atoms with Crippen molar-refractivity contribution in [2.24, 2.45) is 0 Å². The van der Waals surface area contributed by atoms with E-state index in [2.05, 4.69) is 31.3 Å². The molecule has 0 radical (unpaired) electrons. The lowest BCUT2D eigenvalue weighted by Crippen LogP contribution is -2.60. The van der Waals surface area contributed by atoms with E-state index in [4.69, 9.17) is 9.47 Å². The molecule has 9 nitrogen and oxygen atoms in total. The van der Waals surface area contributed by atoms with Crippen LogP contribution in [0.1, 0.15) is 309 Å². The van der Waals surface area contributed by atoms with E-state index in [1.54, 1.807) is 0 Å². The van der Waals surface area contributed by atoms with Crippen LogP contribution in [-0.4, -0.2) is 87.5 Å². The first-order valence-corrected chi connectivity index (χ1v) is 30.4. The minimum absolute atomic E-state index is 0.132. The van der Waals surface area contributed by atoms with Crippen LogP contribution < -0.4 is 5.32 Å². The maximum absolute atomic E-state index is 13.1. The Morgan fingerprint density at radius 3 is 1.17 bits per heavy atom. The normalized spacial score (nSPS) is 19.4. The number of aliphatic hydroxyl groups is 5. The Balaban J connectivity index is 2.10. The topological polar surface area (TPSA) is 149 Å². The fourth-order valence-electron chi connectivity index (χ4n) is 10.0. The summed E-state index contributed by atoms with van der Waals surface area (Å²) in [6.45, 7) is 3.87. The van der Waals surface area contributed by atoms with Crippen molar-refractivity contribution in [2.45, 2.75) is 352 Å². The number of amides is 1. The average molecular weight is 981 g/mol. The van der Waals surface area contributed by atoms with Crippen LogP contribution in [-0.2, 0) is 14.3 Å². The highest BCUT2D eigenvalue weighted by Crippen LogP contribution is 2.23. The van der Waals surface area contributed by atoms with E-state index in [1.807, 2.05) is 0 Å². The van der Waals surface area contributed by atoms with Crippen LogP contribution in [0.3, 0.4) is 0 Å². The van der Waals surface area contributed by atoms with Crippen molar-refractivity contribution in [1.29, 1.82) is 0 Å². The first-order valence-electron chi connectivity index (χ1n) is 30.4. The van der Waals surface area contributed by atoms with Gasteiger partial charge in [-0.2, -0.15) is 0 Å². The van der Waals surface area contributed by atoms with Crippen molar-refractivity contribution >= 4 is 5.91 Å². The molecule has 1 heterocycles. The molecule has 1 rings (SSSR count). The Morgan fingerprint density at radius 1 is 0.478 bits per heavy atom. The van der Waals surface area contributed by atoms with Gasteiger partial charge >= 0.3 is 0 Å². The van der Waals surface area contributed by atoms with Crippen LogP contribution in [0.25, 0.3) is 0 Å². The number of allylic oxidation sites excluding steroid dienone is 2. The predicted molar refractivity (Wildman–Crippen MR) is 291 cm³/mol. The maximum atomic E-state index is 13.1. The molecule has 1 aliphatic heterocycles. The summed E-state index contributed by atoms with van der Waals surface area (Å²) in [5, 5.41) is 54.7. The van der Waals surface area contributed by atoms with E-state index < -0.39 is 49.5 Å². The summed E-state index contributed by atoms with van der Waals surface area (Å²) >= 11 is 0. The van der Waals surface area contributed by atoms with Gasteiger partial charge in [-0.25, -0.2) is 0 Å². The van der Waals surface area contributed by atoms with E-state index in [0.717, 1.165) is 38.5 Å². The van der Waals surface area contributed by atoms with Crippen LogP contribution in [0.4, 0.5) is 0 Å².